The summed E-state index contributed by atoms with van der Waals surface area (Å²) in [4.78, 5) is 3.72. The second-order valence-electron chi connectivity index (χ2n) is 2.43. The number of hydrogen-bond acceptors (Lipinski definition) is 2. The third-order valence-electron chi connectivity index (χ3n) is 1.38. The molecule has 12 heavy (non-hydrogen) atoms. The molecule has 1 heterocycles. The van der Waals surface area contributed by atoms with Crippen LogP contribution in [0.1, 0.15) is 5.56 Å². The lowest BCUT2D eigenvalue weighted by Gasteiger charge is -2.00. The number of hydrogen-bond donors (Lipinski definition) is 1. The van der Waals surface area contributed by atoms with Gasteiger partial charge in [-0.2, -0.15) is 0 Å². The van der Waals surface area contributed by atoms with Crippen molar-refractivity contribution >= 4 is 0 Å². The molecule has 3 heteroatoms. The van der Waals surface area contributed by atoms with Crippen LogP contribution in [0.15, 0.2) is 31.1 Å². The second kappa shape index (κ2) is 4.62. The summed E-state index contributed by atoms with van der Waals surface area (Å²) in [5.74, 6) is -0.298. The molecule has 2 nitrogen and oxygen atoms in total. The Morgan fingerprint density at radius 1 is 1.58 bits per heavy atom. The maximum absolute atomic E-state index is 12.6. The van der Waals surface area contributed by atoms with Gasteiger partial charge in [0.25, 0.3) is 0 Å². The van der Waals surface area contributed by atoms with Crippen molar-refractivity contribution in [3.05, 3.63) is 42.5 Å². The van der Waals surface area contributed by atoms with Gasteiger partial charge in [-0.15, -0.1) is 6.58 Å². The lowest BCUT2D eigenvalue weighted by molar-refractivity contribution is 0.615. The van der Waals surface area contributed by atoms with E-state index >= 15 is 0 Å². The van der Waals surface area contributed by atoms with Crippen LogP contribution in [0.3, 0.4) is 0 Å². The van der Waals surface area contributed by atoms with Crippen molar-refractivity contribution in [2.75, 3.05) is 6.54 Å². The molecule has 0 spiro atoms. The molecule has 1 aromatic heterocycles. The van der Waals surface area contributed by atoms with Crippen molar-refractivity contribution in [2.45, 2.75) is 6.54 Å². The summed E-state index contributed by atoms with van der Waals surface area (Å²) in [6.45, 7) is 4.90. The van der Waals surface area contributed by atoms with Crippen LogP contribution in [0.25, 0.3) is 0 Å². The molecule has 1 aromatic rings. The minimum Gasteiger partial charge on any atom is -0.309 e. The number of pyridine rings is 1. The predicted molar refractivity (Wildman–Crippen MR) is 46.1 cm³/mol. The summed E-state index contributed by atoms with van der Waals surface area (Å²) in [5.41, 5.74) is 0.844. The van der Waals surface area contributed by atoms with E-state index in [-0.39, 0.29) is 5.82 Å². The average molecular weight is 166 g/mol. The highest BCUT2D eigenvalue weighted by Gasteiger charge is 1.93. The van der Waals surface area contributed by atoms with Crippen molar-refractivity contribution in [3.8, 4) is 0 Å². The van der Waals surface area contributed by atoms with Crippen molar-refractivity contribution in [2.24, 2.45) is 0 Å². The molecule has 1 N–H and O–H groups in total. The minimum absolute atomic E-state index is 0.298. The van der Waals surface area contributed by atoms with Crippen molar-refractivity contribution in [1.82, 2.24) is 10.3 Å². The van der Waals surface area contributed by atoms with E-state index in [1.807, 2.05) is 0 Å². The van der Waals surface area contributed by atoms with E-state index in [1.54, 1.807) is 12.3 Å². The molecule has 0 radical (unpaired) electrons. The Morgan fingerprint density at radius 3 is 3.08 bits per heavy atom. The standard InChI is InChI=1S/C9H11FN2/c1-2-3-11-5-8-4-9(10)7-12-6-8/h2,4,6-7,11H,1,3,5H2. The second-order valence-corrected chi connectivity index (χ2v) is 2.43. The van der Waals surface area contributed by atoms with E-state index < -0.39 is 0 Å². The molecule has 64 valence electrons. The van der Waals surface area contributed by atoms with Gasteiger partial charge in [-0.3, -0.25) is 4.98 Å². The summed E-state index contributed by atoms with van der Waals surface area (Å²) in [5, 5.41) is 3.05. The van der Waals surface area contributed by atoms with Crippen molar-refractivity contribution in [3.63, 3.8) is 0 Å². The molecule has 0 saturated heterocycles. The normalized spacial score (nSPS) is 9.75. The van der Waals surface area contributed by atoms with Crippen LogP contribution >= 0.6 is 0 Å². The van der Waals surface area contributed by atoms with E-state index in [4.69, 9.17) is 0 Å². The summed E-state index contributed by atoms with van der Waals surface area (Å²) in [7, 11) is 0. The first-order valence-electron chi connectivity index (χ1n) is 3.74. The number of halogens is 1. The Balaban J connectivity index is 2.46. The van der Waals surface area contributed by atoms with Crippen LogP contribution in [-0.2, 0) is 6.54 Å². The molecule has 1 rings (SSSR count). The largest absolute Gasteiger partial charge is 0.309 e. The first-order chi connectivity index (χ1) is 5.83. The zero-order valence-corrected chi connectivity index (χ0v) is 6.76. The lowest BCUT2D eigenvalue weighted by atomic mass is 10.3. The highest BCUT2D eigenvalue weighted by Crippen LogP contribution is 1.99. The van der Waals surface area contributed by atoms with Gasteiger partial charge in [0.05, 0.1) is 6.20 Å². The molecule has 0 amide bonds. The van der Waals surface area contributed by atoms with Gasteiger partial charge in [-0.1, -0.05) is 6.08 Å². The first-order valence-corrected chi connectivity index (χ1v) is 3.74. The van der Waals surface area contributed by atoms with Crippen LogP contribution in [0, 0.1) is 5.82 Å². The lowest BCUT2D eigenvalue weighted by Crippen LogP contribution is -2.12. The average Bonchev–Trinajstić information content (AvgIpc) is 2.05. The van der Waals surface area contributed by atoms with Crippen molar-refractivity contribution < 1.29 is 4.39 Å². The summed E-state index contributed by atoms with van der Waals surface area (Å²) < 4.78 is 12.6. The van der Waals surface area contributed by atoms with Gasteiger partial charge < -0.3 is 5.32 Å². The molecular weight excluding hydrogens is 155 g/mol. The molecular formula is C9H11FN2. The summed E-state index contributed by atoms with van der Waals surface area (Å²) in [6.07, 6.45) is 4.59. The summed E-state index contributed by atoms with van der Waals surface area (Å²) in [6, 6.07) is 1.46. The van der Waals surface area contributed by atoms with Crippen LogP contribution in [0.4, 0.5) is 4.39 Å². The number of nitrogens with zero attached hydrogens (tertiary/aromatic N) is 1. The first kappa shape index (κ1) is 8.87. The fourth-order valence-electron chi connectivity index (χ4n) is 0.871. The van der Waals surface area contributed by atoms with Crippen LogP contribution in [0.2, 0.25) is 0 Å². The Kier molecular flexibility index (Phi) is 3.41. The van der Waals surface area contributed by atoms with Crippen LogP contribution in [-0.4, -0.2) is 11.5 Å². The summed E-state index contributed by atoms with van der Waals surface area (Å²) >= 11 is 0. The highest BCUT2D eigenvalue weighted by molar-refractivity contribution is 5.09. The van der Waals surface area contributed by atoms with Gasteiger partial charge in [0, 0.05) is 19.3 Å². The third-order valence-corrected chi connectivity index (χ3v) is 1.38. The van der Waals surface area contributed by atoms with Gasteiger partial charge in [-0.25, -0.2) is 4.39 Å². The quantitative estimate of drug-likeness (QED) is 0.541. The molecule has 0 aliphatic rings. The Hall–Kier alpha value is -1.22. The van der Waals surface area contributed by atoms with E-state index in [0.29, 0.717) is 6.54 Å². The monoisotopic (exact) mass is 166 g/mol. The Labute approximate surface area is 71.1 Å². The van der Waals surface area contributed by atoms with E-state index in [9.17, 15) is 4.39 Å². The molecule has 0 atom stereocenters. The zero-order valence-electron chi connectivity index (χ0n) is 6.76. The highest BCUT2D eigenvalue weighted by atomic mass is 19.1. The van der Waals surface area contributed by atoms with Gasteiger partial charge in [0.2, 0.25) is 0 Å². The Morgan fingerprint density at radius 2 is 2.42 bits per heavy atom. The van der Waals surface area contributed by atoms with Crippen LogP contribution < -0.4 is 5.32 Å². The van der Waals surface area contributed by atoms with E-state index in [0.717, 1.165) is 12.1 Å². The molecule has 0 bridgehead atoms. The number of aromatic nitrogens is 1. The van der Waals surface area contributed by atoms with Gasteiger partial charge in [-0.05, 0) is 11.6 Å². The van der Waals surface area contributed by atoms with E-state index in [1.165, 1.54) is 12.3 Å². The van der Waals surface area contributed by atoms with Crippen molar-refractivity contribution in [1.29, 1.82) is 0 Å². The molecule has 0 unspecified atom stereocenters. The molecule has 0 aromatic carbocycles. The fraction of sp³-hybridized carbons (Fsp3) is 0.222. The van der Waals surface area contributed by atoms with Gasteiger partial charge in [0.15, 0.2) is 0 Å². The maximum atomic E-state index is 12.6. The maximum Gasteiger partial charge on any atom is 0.141 e. The van der Waals surface area contributed by atoms with Crippen LogP contribution in [0.5, 0.6) is 0 Å². The fourth-order valence-corrected chi connectivity index (χ4v) is 0.871. The van der Waals surface area contributed by atoms with Gasteiger partial charge >= 0.3 is 0 Å². The smallest absolute Gasteiger partial charge is 0.141 e. The zero-order chi connectivity index (χ0) is 8.81. The number of nitrogens with one attached hydrogen (secondary N) is 1. The predicted octanol–water partition coefficient (Wildman–Crippen LogP) is 1.50. The number of rotatable bonds is 4. The Bertz CT molecular complexity index is 260. The third kappa shape index (κ3) is 2.80. The molecule has 0 fully saturated rings. The molecule has 0 aliphatic carbocycles. The topological polar surface area (TPSA) is 24.9 Å². The SMILES string of the molecule is C=CCNCc1cncc(F)c1. The molecule has 0 saturated carbocycles. The van der Waals surface area contributed by atoms with Gasteiger partial charge in [0.1, 0.15) is 5.82 Å². The van der Waals surface area contributed by atoms with E-state index in [2.05, 4.69) is 16.9 Å². The molecule has 0 aliphatic heterocycles. The minimum atomic E-state index is -0.298.